The van der Waals surface area contributed by atoms with Crippen molar-refractivity contribution < 1.29 is 17.6 Å². The molecule has 2 rings (SSSR count). The zero-order valence-electron chi connectivity index (χ0n) is 10.6. The molecule has 106 valence electrons. The number of alkyl halides is 3. The van der Waals surface area contributed by atoms with Crippen molar-refractivity contribution in [2.75, 3.05) is 24.5 Å². The fourth-order valence-electron chi connectivity index (χ4n) is 2.34. The lowest BCUT2D eigenvalue weighted by Gasteiger charge is -2.24. The summed E-state index contributed by atoms with van der Waals surface area (Å²) in [4.78, 5) is 1.75. The van der Waals surface area contributed by atoms with Gasteiger partial charge in [-0.25, -0.2) is 4.39 Å². The van der Waals surface area contributed by atoms with Crippen LogP contribution in [0.5, 0.6) is 0 Å². The van der Waals surface area contributed by atoms with E-state index in [9.17, 15) is 17.6 Å². The van der Waals surface area contributed by atoms with Crippen LogP contribution in [0.3, 0.4) is 0 Å². The molecule has 1 aromatic carbocycles. The Hall–Kier alpha value is -1.30. The lowest BCUT2D eigenvalue weighted by Crippen LogP contribution is -2.31. The first-order chi connectivity index (χ1) is 8.75. The van der Waals surface area contributed by atoms with Gasteiger partial charge in [0, 0.05) is 13.1 Å². The van der Waals surface area contributed by atoms with Crippen LogP contribution >= 0.6 is 0 Å². The standard InChI is InChI=1S/C13H16F4N2/c1-12(7-18)4-5-19(8-12)11-3-2-9(6-10(11)14)13(15,16)17/h2-3,6H,4-5,7-8,18H2,1H3. The Morgan fingerprint density at radius 3 is 2.53 bits per heavy atom. The molecule has 1 heterocycles. The lowest BCUT2D eigenvalue weighted by molar-refractivity contribution is -0.137. The number of hydrogen-bond acceptors (Lipinski definition) is 2. The summed E-state index contributed by atoms with van der Waals surface area (Å²) >= 11 is 0. The summed E-state index contributed by atoms with van der Waals surface area (Å²) in [6.45, 7) is 3.64. The Bertz CT molecular complexity index is 472. The Morgan fingerprint density at radius 1 is 1.37 bits per heavy atom. The quantitative estimate of drug-likeness (QED) is 0.841. The molecule has 0 radical (unpaired) electrons. The van der Waals surface area contributed by atoms with Crippen LogP contribution in [0.1, 0.15) is 18.9 Å². The number of nitrogens with two attached hydrogens (primary N) is 1. The van der Waals surface area contributed by atoms with Gasteiger partial charge in [0.1, 0.15) is 5.82 Å². The number of halogens is 4. The van der Waals surface area contributed by atoms with Crippen molar-refractivity contribution in [3.8, 4) is 0 Å². The molecular formula is C13H16F4N2. The highest BCUT2D eigenvalue weighted by atomic mass is 19.4. The van der Waals surface area contributed by atoms with E-state index >= 15 is 0 Å². The van der Waals surface area contributed by atoms with Crippen LogP contribution in [0.15, 0.2) is 18.2 Å². The highest BCUT2D eigenvalue weighted by Crippen LogP contribution is 2.36. The Balaban J connectivity index is 2.24. The van der Waals surface area contributed by atoms with Gasteiger partial charge in [-0.2, -0.15) is 13.2 Å². The predicted octanol–water partition coefficient (Wildman–Crippen LogP) is 3.02. The summed E-state index contributed by atoms with van der Waals surface area (Å²) in [5.41, 5.74) is 4.81. The van der Waals surface area contributed by atoms with Gasteiger partial charge in [0.2, 0.25) is 0 Å². The van der Waals surface area contributed by atoms with Crippen LogP contribution in [0, 0.1) is 11.2 Å². The maximum Gasteiger partial charge on any atom is 0.416 e. The van der Waals surface area contributed by atoms with E-state index in [1.54, 1.807) is 4.90 Å². The molecule has 1 aromatic rings. The molecule has 2 nitrogen and oxygen atoms in total. The average Bonchev–Trinajstić information content (AvgIpc) is 2.71. The zero-order valence-corrected chi connectivity index (χ0v) is 10.6. The Labute approximate surface area is 109 Å². The molecule has 1 saturated heterocycles. The number of hydrogen-bond donors (Lipinski definition) is 1. The third-order valence-electron chi connectivity index (χ3n) is 3.67. The minimum Gasteiger partial charge on any atom is -0.369 e. The van der Waals surface area contributed by atoms with Gasteiger partial charge in [-0.1, -0.05) is 6.92 Å². The fourth-order valence-corrected chi connectivity index (χ4v) is 2.34. The van der Waals surface area contributed by atoms with Crippen molar-refractivity contribution in [3.63, 3.8) is 0 Å². The van der Waals surface area contributed by atoms with Crippen LogP contribution in [-0.2, 0) is 6.18 Å². The van der Waals surface area contributed by atoms with Crippen LogP contribution in [0.2, 0.25) is 0 Å². The van der Waals surface area contributed by atoms with Crippen LogP contribution in [0.4, 0.5) is 23.2 Å². The molecule has 1 aliphatic rings. The van der Waals surface area contributed by atoms with Gasteiger partial charge in [-0.3, -0.25) is 0 Å². The lowest BCUT2D eigenvalue weighted by atomic mass is 9.90. The topological polar surface area (TPSA) is 29.3 Å². The molecule has 19 heavy (non-hydrogen) atoms. The smallest absolute Gasteiger partial charge is 0.369 e. The first-order valence-corrected chi connectivity index (χ1v) is 6.07. The largest absolute Gasteiger partial charge is 0.416 e. The van der Waals surface area contributed by atoms with Crippen LogP contribution < -0.4 is 10.6 Å². The minimum absolute atomic E-state index is 0.102. The van der Waals surface area contributed by atoms with E-state index in [0.717, 1.165) is 12.5 Å². The molecule has 1 unspecified atom stereocenters. The minimum atomic E-state index is -4.52. The van der Waals surface area contributed by atoms with Crippen molar-refractivity contribution in [3.05, 3.63) is 29.6 Å². The maximum absolute atomic E-state index is 13.8. The molecular weight excluding hydrogens is 260 g/mol. The fraction of sp³-hybridized carbons (Fsp3) is 0.538. The van der Waals surface area contributed by atoms with Gasteiger partial charge in [-0.05, 0) is 36.6 Å². The molecule has 0 bridgehead atoms. The molecule has 0 spiro atoms. The number of rotatable bonds is 2. The zero-order chi connectivity index (χ0) is 14.3. The van der Waals surface area contributed by atoms with E-state index in [2.05, 4.69) is 0 Å². The maximum atomic E-state index is 13.8. The third kappa shape index (κ3) is 2.83. The van der Waals surface area contributed by atoms with E-state index in [0.29, 0.717) is 25.7 Å². The number of nitrogens with zero attached hydrogens (tertiary/aromatic N) is 1. The van der Waals surface area contributed by atoms with Crippen molar-refractivity contribution in [1.29, 1.82) is 0 Å². The number of anilines is 1. The molecule has 1 atom stereocenters. The van der Waals surface area contributed by atoms with Gasteiger partial charge >= 0.3 is 6.18 Å². The third-order valence-corrected chi connectivity index (χ3v) is 3.67. The van der Waals surface area contributed by atoms with Gasteiger partial charge in [0.15, 0.2) is 0 Å². The Kier molecular flexibility index (Phi) is 3.47. The predicted molar refractivity (Wildman–Crippen MR) is 65.4 cm³/mol. The summed E-state index contributed by atoms with van der Waals surface area (Å²) in [7, 11) is 0. The second kappa shape index (κ2) is 4.67. The number of benzene rings is 1. The monoisotopic (exact) mass is 276 g/mol. The average molecular weight is 276 g/mol. The second-order valence-corrected chi connectivity index (χ2v) is 5.35. The molecule has 0 aromatic heterocycles. The first-order valence-electron chi connectivity index (χ1n) is 6.07. The molecule has 0 aliphatic carbocycles. The highest BCUT2D eigenvalue weighted by Gasteiger charge is 2.35. The van der Waals surface area contributed by atoms with Gasteiger partial charge in [-0.15, -0.1) is 0 Å². The van der Waals surface area contributed by atoms with E-state index < -0.39 is 17.6 Å². The SMILES string of the molecule is CC1(CN)CCN(c2ccc(C(F)(F)F)cc2F)C1. The van der Waals surface area contributed by atoms with E-state index in [-0.39, 0.29) is 11.1 Å². The normalized spacial score (nSPS) is 24.0. The first kappa shape index (κ1) is 14.1. The molecule has 0 saturated carbocycles. The molecule has 1 fully saturated rings. The van der Waals surface area contributed by atoms with Crippen molar-refractivity contribution >= 4 is 5.69 Å². The van der Waals surface area contributed by atoms with Crippen LogP contribution in [-0.4, -0.2) is 19.6 Å². The summed E-state index contributed by atoms with van der Waals surface area (Å²) in [6, 6.07) is 2.66. The van der Waals surface area contributed by atoms with E-state index in [1.807, 2.05) is 6.92 Å². The summed E-state index contributed by atoms with van der Waals surface area (Å²) in [5.74, 6) is -0.837. The highest BCUT2D eigenvalue weighted by molar-refractivity contribution is 5.50. The summed E-state index contributed by atoms with van der Waals surface area (Å²) in [6.07, 6.45) is -3.71. The second-order valence-electron chi connectivity index (χ2n) is 5.35. The van der Waals surface area contributed by atoms with Crippen molar-refractivity contribution in [2.24, 2.45) is 11.1 Å². The van der Waals surface area contributed by atoms with Crippen LogP contribution in [0.25, 0.3) is 0 Å². The summed E-state index contributed by atoms with van der Waals surface area (Å²) in [5, 5.41) is 0. The Morgan fingerprint density at radius 2 is 2.05 bits per heavy atom. The van der Waals surface area contributed by atoms with Gasteiger partial charge in [0.05, 0.1) is 11.3 Å². The molecule has 1 aliphatic heterocycles. The van der Waals surface area contributed by atoms with Gasteiger partial charge in [0.25, 0.3) is 0 Å². The van der Waals surface area contributed by atoms with E-state index in [1.165, 1.54) is 6.07 Å². The van der Waals surface area contributed by atoms with Crippen molar-refractivity contribution in [2.45, 2.75) is 19.5 Å². The van der Waals surface area contributed by atoms with Gasteiger partial charge < -0.3 is 10.6 Å². The molecule has 0 amide bonds. The van der Waals surface area contributed by atoms with E-state index in [4.69, 9.17) is 5.73 Å². The van der Waals surface area contributed by atoms with Crippen molar-refractivity contribution in [1.82, 2.24) is 0 Å². The molecule has 6 heteroatoms. The molecule has 2 N–H and O–H groups in total. The summed E-state index contributed by atoms with van der Waals surface area (Å²) < 4.78 is 51.2.